The number of fused-ring (bicyclic) bond motifs is 1. The highest BCUT2D eigenvalue weighted by Crippen LogP contribution is 2.50. The molecular formula is C15H17F3O4S. The first-order valence-electron chi connectivity index (χ1n) is 7.34. The normalized spacial score (nSPS) is 33.2. The third-order valence-electron chi connectivity index (χ3n) is 4.46. The maximum absolute atomic E-state index is 14.2. The average Bonchev–Trinajstić information content (AvgIpc) is 2.71. The van der Waals surface area contributed by atoms with Crippen LogP contribution in [0.4, 0.5) is 13.2 Å². The molecule has 0 bridgehead atoms. The molecule has 1 fully saturated rings. The monoisotopic (exact) mass is 350 g/mol. The van der Waals surface area contributed by atoms with Crippen molar-refractivity contribution in [1.82, 2.24) is 0 Å². The Bertz CT molecular complexity index is 716. The van der Waals surface area contributed by atoms with Gasteiger partial charge < -0.3 is 9.84 Å². The molecule has 0 radical (unpaired) electrons. The van der Waals surface area contributed by atoms with Crippen LogP contribution in [0.25, 0.3) is 0 Å². The minimum atomic E-state index is -4.36. The summed E-state index contributed by atoms with van der Waals surface area (Å²) in [6.07, 6.45) is -5.10. The van der Waals surface area contributed by atoms with Gasteiger partial charge in [-0.1, -0.05) is 6.92 Å². The molecule has 0 aliphatic heterocycles. The van der Waals surface area contributed by atoms with Crippen molar-refractivity contribution in [3.63, 3.8) is 0 Å². The highest BCUT2D eigenvalue weighted by atomic mass is 32.2. The van der Waals surface area contributed by atoms with Crippen molar-refractivity contribution in [2.24, 2.45) is 5.92 Å². The van der Waals surface area contributed by atoms with E-state index in [4.69, 9.17) is 4.74 Å². The van der Waals surface area contributed by atoms with Gasteiger partial charge in [-0.15, -0.1) is 0 Å². The zero-order chi connectivity index (χ0) is 16.9. The van der Waals surface area contributed by atoms with Crippen LogP contribution in [0.3, 0.4) is 0 Å². The zero-order valence-corrected chi connectivity index (χ0v) is 13.2. The largest absolute Gasteiger partial charge is 0.490 e. The summed E-state index contributed by atoms with van der Waals surface area (Å²) in [5.41, 5.74) is -0.744. The molecule has 0 aromatic heterocycles. The molecule has 0 saturated heterocycles. The lowest BCUT2D eigenvalue weighted by atomic mass is 9.84. The summed E-state index contributed by atoms with van der Waals surface area (Å²) in [6, 6.07) is 0.543. The van der Waals surface area contributed by atoms with Crippen molar-refractivity contribution in [3.8, 4) is 5.75 Å². The topological polar surface area (TPSA) is 63.6 Å². The summed E-state index contributed by atoms with van der Waals surface area (Å²) >= 11 is 0. The molecular weight excluding hydrogens is 333 g/mol. The van der Waals surface area contributed by atoms with Crippen LogP contribution in [0.15, 0.2) is 17.0 Å². The Morgan fingerprint density at radius 2 is 1.91 bits per heavy atom. The van der Waals surface area contributed by atoms with Crippen LogP contribution in [0, 0.1) is 5.92 Å². The fraction of sp³-hybridized carbons (Fsp3) is 0.600. The Kier molecular flexibility index (Phi) is 4.08. The first-order valence-corrected chi connectivity index (χ1v) is 9.00. The Balaban J connectivity index is 2.08. The van der Waals surface area contributed by atoms with Gasteiger partial charge in [-0.2, -0.15) is 0 Å². The fourth-order valence-electron chi connectivity index (χ4n) is 3.20. The molecule has 2 aliphatic rings. The maximum Gasteiger partial charge on any atom is 0.207 e. The molecule has 0 unspecified atom stereocenters. The zero-order valence-electron chi connectivity index (χ0n) is 12.4. The Morgan fingerprint density at radius 1 is 1.26 bits per heavy atom. The summed E-state index contributed by atoms with van der Waals surface area (Å²) < 4.78 is 70.1. The van der Waals surface area contributed by atoms with E-state index in [1.54, 1.807) is 0 Å². The Labute approximate surface area is 132 Å². The van der Waals surface area contributed by atoms with Crippen LogP contribution in [0.1, 0.15) is 43.2 Å². The number of aliphatic hydroxyl groups excluding tert-OH is 1. The molecule has 0 spiro atoms. The van der Waals surface area contributed by atoms with E-state index in [0.717, 1.165) is 18.9 Å². The molecule has 3 rings (SSSR count). The van der Waals surface area contributed by atoms with Crippen molar-refractivity contribution >= 4 is 9.84 Å². The average molecular weight is 350 g/mol. The van der Waals surface area contributed by atoms with Crippen molar-refractivity contribution < 1.29 is 31.4 Å². The summed E-state index contributed by atoms with van der Waals surface area (Å²) in [4.78, 5) is -0.584. The first-order chi connectivity index (χ1) is 10.8. The Morgan fingerprint density at radius 3 is 2.48 bits per heavy atom. The van der Waals surface area contributed by atoms with Gasteiger partial charge in [0.15, 0.2) is 18.3 Å². The predicted molar refractivity (Wildman–Crippen MR) is 76.1 cm³/mol. The van der Waals surface area contributed by atoms with E-state index in [2.05, 4.69) is 0 Å². The number of hydrogen-bond acceptors (Lipinski definition) is 4. The van der Waals surface area contributed by atoms with Crippen LogP contribution >= 0.6 is 0 Å². The van der Waals surface area contributed by atoms with Gasteiger partial charge in [-0.3, -0.25) is 0 Å². The highest BCUT2D eigenvalue weighted by molar-refractivity contribution is 7.91. The predicted octanol–water partition coefficient (Wildman–Crippen LogP) is 2.96. The van der Waals surface area contributed by atoms with E-state index in [9.17, 15) is 26.7 Å². The number of rotatable bonds is 4. The lowest BCUT2D eigenvalue weighted by Crippen LogP contribution is -2.32. The van der Waals surface area contributed by atoms with Crippen LogP contribution in [-0.2, 0) is 9.84 Å². The molecule has 23 heavy (non-hydrogen) atoms. The molecule has 1 aromatic carbocycles. The van der Waals surface area contributed by atoms with Gasteiger partial charge >= 0.3 is 0 Å². The minimum Gasteiger partial charge on any atom is -0.490 e. The van der Waals surface area contributed by atoms with Gasteiger partial charge in [0.2, 0.25) is 9.84 Å². The van der Waals surface area contributed by atoms with Gasteiger partial charge in [0.1, 0.15) is 11.9 Å². The molecule has 8 heteroatoms. The van der Waals surface area contributed by atoms with E-state index in [0.29, 0.717) is 5.92 Å². The second-order valence-electron chi connectivity index (χ2n) is 6.22. The highest BCUT2D eigenvalue weighted by Gasteiger charge is 2.46. The molecule has 1 N–H and O–H groups in total. The van der Waals surface area contributed by atoms with Crippen LogP contribution in [-0.4, -0.2) is 31.8 Å². The molecule has 0 heterocycles. The summed E-state index contributed by atoms with van der Waals surface area (Å²) in [5, 5.41) is 9.87. The smallest absolute Gasteiger partial charge is 0.207 e. The maximum atomic E-state index is 14.2. The summed E-state index contributed by atoms with van der Waals surface area (Å²) in [6.45, 7) is 2.03. The number of benzene rings is 1. The second-order valence-corrected chi connectivity index (χ2v) is 8.11. The molecule has 0 amide bonds. The van der Waals surface area contributed by atoms with Gasteiger partial charge in [0, 0.05) is 11.1 Å². The van der Waals surface area contributed by atoms with Crippen molar-refractivity contribution in [2.75, 3.05) is 6.01 Å². The van der Waals surface area contributed by atoms with E-state index < -0.39 is 44.8 Å². The molecule has 4 nitrogen and oxygen atoms in total. The summed E-state index contributed by atoms with van der Waals surface area (Å²) in [5.74, 6) is 0.487. The molecule has 3 atom stereocenters. The number of hydrogen-bond donors (Lipinski definition) is 1. The first kappa shape index (κ1) is 16.6. The second kappa shape index (κ2) is 5.66. The van der Waals surface area contributed by atoms with E-state index in [-0.39, 0.29) is 17.4 Å². The fourth-order valence-corrected chi connectivity index (χ4v) is 4.16. The number of aliphatic hydroxyl groups is 1. The van der Waals surface area contributed by atoms with Gasteiger partial charge in [0.05, 0.1) is 11.0 Å². The minimum absolute atomic E-state index is 0.0152. The van der Waals surface area contributed by atoms with E-state index in [1.807, 2.05) is 6.92 Å². The lowest BCUT2D eigenvalue weighted by molar-refractivity contribution is 0.0435. The third-order valence-corrected chi connectivity index (χ3v) is 5.78. The molecule has 2 aliphatic carbocycles. The number of ether oxygens (including phenoxy) is 1. The van der Waals surface area contributed by atoms with E-state index >= 15 is 0 Å². The van der Waals surface area contributed by atoms with Crippen molar-refractivity contribution in [1.29, 1.82) is 0 Å². The van der Waals surface area contributed by atoms with Crippen LogP contribution in [0.5, 0.6) is 5.75 Å². The van der Waals surface area contributed by atoms with Crippen molar-refractivity contribution in [3.05, 3.63) is 23.3 Å². The van der Waals surface area contributed by atoms with Gasteiger partial charge in [-0.05, 0) is 30.9 Å². The molecule has 1 aromatic rings. The quantitative estimate of drug-likeness (QED) is 0.907. The van der Waals surface area contributed by atoms with Crippen LogP contribution < -0.4 is 4.74 Å². The molecule has 1 saturated carbocycles. The lowest BCUT2D eigenvalue weighted by Gasteiger charge is -2.33. The standard InChI is InChI=1S/C15H17F3O4S/c1-7-4-8(5-7)22-9-2-3-10(23(20,21)6-16)12-11(9)13(17)14(18)15(12)19/h2-3,7-8,13-15,19H,4-6H2,1H3/t7?,8?,13-,14-,15+/m1/s1. The number of sulfone groups is 1. The third kappa shape index (κ3) is 2.61. The SMILES string of the molecule is CC1CC(Oc2ccc(S(=O)(=O)CF)c3c2[C@@H](F)[C@@H](F)[C@H]3O)C1. The Hall–Kier alpha value is -1.28. The number of alkyl halides is 3. The van der Waals surface area contributed by atoms with Gasteiger partial charge in [0.25, 0.3) is 0 Å². The van der Waals surface area contributed by atoms with Crippen LogP contribution in [0.2, 0.25) is 0 Å². The van der Waals surface area contributed by atoms with Crippen molar-refractivity contribution in [2.45, 2.75) is 49.2 Å². The number of halogens is 3. The van der Waals surface area contributed by atoms with Gasteiger partial charge in [-0.25, -0.2) is 21.6 Å². The summed E-state index contributed by atoms with van der Waals surface area (Å²) in [7, 11) is -4.36. The van der Waals surface area contributed by atoms with E-state index in [1.165, 1.54) is 6.07 Å². The molecule has 128 valence electrons.